The van der Waals surface area contributed by atoms with E-state index in [-0.39, 0.29) is 35.3 Å². The van der Waals surface area contributed by atoms with Crippen molar-refractivity contribution in [2.45, 2.75) is 47.5 Å². The second-order valence-electron chi connectivity index (χ2n) is 8.79. The number of hydroxylamine groups is 2. The minimum atomic E-state index is -4.64. The Labute approximate surface area is 205 Å². The maximum absolute atomic E-state index is 15.1. The van der Waals surface area contributed by atoms with Gasteiger partial charge in [-0.1, -0.05) is 6.08 Å². The predicted octanol–water partition coefficient (Wildman–Crippen LogP) is 6.29. The highest BCUT2D eigenvalue weighted by Crippen LogP contribution is 2.52. The molecule has 3 unspecified atom stereocenters. The summed E-state index contributed by atoms with van der Waals surface area (Å²) >= 11 is 1.23. The molecule has 0 spiro atoms. The number of benzene rings is 2. The van der Waals surface area contributed by atoms with Gasteiger partial charge >= 0.3 is 6.18 Å². The van der Waals surface area contributed by atoms with Gasteiger partial charge in [0.15, 0.2) is 9.84 Å². The first-order chi connectivity index (χ1) is 16.5. The largest absolute Gasteiger partial charge is 0.416 e. The molecule has 1 saturated heterocycles. The van der Waals surface area contributed by atoms with Crippen molar-refractivity contribution in [3.05, 3.63) is 77.9 Å². The summed E-state index contributed by atoms with van der Waals surface area (Å²) in [6.07, 6.45) is -2.19. The maximum Gasteiger partial charge on any atom is 0.416 e. The number of hydrogen-bond acceptors (Lipinski definition) is 5. The molecule has 4 nitrogen and oxygen atoms in total. The zero-order chi connectivity index (χ0) is 25.4. The van der Waals surface area contributed by atoms with Crippen molar-refractivity contribution >= 4 is 21.9 Å². The van der Waals surface area contributed by atoms with Crippen LogP contribution in [-0.4, -0.2) is 31.8 Å². The Morgan fingerprint density at radius 2 is 1.86 bits per heavy atom. The van der Waals surface area contributed by atoms with Crippen molar-refractivity contribution in [2.24, 2.45) is 5.92 Å². The summed E-state index contributed by atoms with van der Waals surface area (Å²) in [7, 11) is -4.43. The molecule has 2 aliphatic rings. The fourth-order valence-corrected chi connectivity index (χ4v) is 8.13. The smallest absolute Gasteiger partial charge is 0.228 e. The zero-order valence-corrected chi connectivity index (χ0v) is 20.2. The molecule has 0 amide bonds. The first-order valence-corrected chi connectivity index (χ1v) is 13.4. The monoisotopic (exact) mass is 533 g/mol. The highest BCUT2D eigenvalue weighted by atomic mass is 32.2. The first kappa shape index (κ1) is 26.1. The van der Waals surface area contributed by atoms with Gasteiger partial charge < -0.3 is 0 Å². The average Bonchev–Trinajstić information content (AvgIpc) is 3.02. The van der Waals surface area contributed by atoms with E-state index in [9.17, 15) is 26.0 Å². The van der Waals surface area contributed by atoms with Crippen molar-refractivity contribution in [3.63, 3.8) is 0 Å². The molecule has 0 N–H and O–H groups in total. The third-order valence-electron chi connectivity index (χ3n) is 6.80. The van der Waals surface area contributed by atoms with Gasteiger partial charge in [-0.3, -0.25) is 0 Å². The van der Waals surface area contributed by atoms with E-state index in [1.54, 1.807) is 11.1 Å². The van der Waals surface area contributed by atoms with Crippen LogP contribution in [0.25, 0.3) is 0 Å². The van der Waals surface area contributed by atoms with Crippen LogP contribution in [0.2, 0.25) is 0 Å². The lowest BCUT2D eigenvalue weighted by atomic mass is 9.73. The van der Waals surface area contributed by atoms with Crippen molar-refractivity contribution in [1.29, 1.82) is 0 Å². The predicted molar refractivity (Wildman–Crippen MR) is 123 cm³/mol. The number of rotatable bonds is 5. The van der Waals surface area contributed by atoms with Crippen molar-refractivity contribution in [2.75, 3.05) is 12.3 Å². The summed E-state index contributed by atoms with van der Waals surface area (Å²) in [5, 5.41) is 1.73. The van der Waals surface area contributed by atoms with Crippen molar-refractivity contribution in [3.8, 4) is 0 Å². The van der Waals surface area contributed by atoms with Crippen LogP contribution in [0.15, 0.2) is 60.0 Å². The molecule has 0 bridgehead atoms. The van der Waals surface area contributed by atoms with Crippen LogP contribution in [0.4, 0.5) is 22.0 Å². The van der Waals surface area contributed by atoms with Gasteiger partial charge in [0.1, 0.15) is 16.4 Å². The number of halogens is 5. The number of nitrogens with zero attached hydrogens (tertiary/aromatic N) is 1. The third-order valence-corrected chi connectivity index (χ3v) is 10.0. The molecule has 0 aromatic heterocycles. The fraction of sp³-hybridized carbons (Fsp3) is 0.417. The molecule has 4 rings (SSSR count). The lowest BCUT2D eigenvalue weighted by molar-refractivity contribution is -0.137. The molecular weight excluding hydrogens is 509 g/mol. The van der Waals surface area contributed by atoms with Crippen LogP contribution >= 0.6 is 12.0 Å². The van der Waals surface area contributed by atoms with Gasteiger partial charge in [0.05, 0.1) is 10.5 Å². The van der Waals surface area contributed by atoms with E-state index >= 15 is 4.39 Å². The number of alkyl halides is 3. The van der Waals surface area contributed by atoms with E-state index in [2.05, 4.69) is 6.58 Å². The summed E-state index contributed by atoms with van der Waals surface area (Å²) in [5.74, 6) is -1.34. The van der Waals surface area contributed by atoms with Gasteiger partial charge in [-0.05, 0) is 74.1 Å². The van der Waals surface area contributed by atoms with E-state index in [4.69, 9.17) is 4.28 Å². The Bertz CT molecular complexity index is 1190. The second-order valence-corrected chi connectivity index (χ2v) is 11.8. The standard InChI is InChI=1S/C24H24F5NO3S2/c1-2-12-30-22-9-11-23(15-16(22)10-13-34-33-30,20-14-18(25)5-8-21(20)26)35(31,32)19-6-3-17(4-7-19)24(27,28)29/h2-8,14,16,22H,1,9-13,15H2. The highest BCUT2D eigenvalue weighted by Gasteiger charge is 2.54. The summed E-state index contributed by atoms with van der Waals surface area (Å²) < 4.78 is 101. The number of hydrogen-bond donors (Lipinski definition) is 0. The first-order valence-electron chi connectivity index (χ1n) is 11.0. The molecule has 3 atom stereocenters. The number of sulfone groups is 1. The molecule has 2 aromatic rings. The van der Waals surface area contributed by atoms with Gasteiger partial charge in [0, 0.05) is 35.9 Å². The van der Waals surface area contributed by atoms with E-state index in [1.807, 2.05) is 0 Å². The Morgan fingerprint density at radius 1 is 1.14 bits per heavy atom. The summed E-state index contributed by atoms with van der Waals surface area (Å²) in [6, 6.07) is 5.67. The Kier molecular flexibility index (Phi) is 7.34. The van der Waals surface area contributed by atoms with Crippen LogP contribution in [0.5, 0.6) is 0 Å². The highest BCUT2D eigenvalue weighted by molar-refractivity contribution is 7.94. The SMILES string of the molecule is C=CCN1OSCCC2CC(c3cc(F)ccc3F)(S(=O)(=O)c3ccc(C(F)(F)F)cc3)CCC21. The molecule has 2 fully saturated rings. The normalized spacial score (nSPS) is 26.1. The van der Waals surface area contributed by atoms with E-state index in [1.165, 1.54) is 12.0 Å². The van der Waals surface area contributed by atoms with Crippen molar-refractivity contribution in [1.82, 2.24) is 5.06 Å². The Hall–Kier alpha value is -1.95. The minimum Gasteiger partial charge on any atom is -0.228 e. The van der Waals surface area contributed by atoms with Crippen LogP contribution in [-0.2, 0) is 25.0 Å². The molecule has 2 aromatic carbocycles. The van der Waals surface area contributed by atoms with Gasteiger partial charge in [0.25, 0.3) is 0 Å². The summed E-state index contributed by atoms with van der Waals surface area (Å²) in [5.41, 5.74) is -1.30. The quantitative estimate of drug-likeness (QED) is 0.257. The molecular formula is C24H24F5NO3S2. The van der Waals surface area contributed by atoms with Gasteiger partial charge in [-0.25, -0.2) is 21.5 Å². The summed E-state index contributed by atoms with van der Waals surface area (Å²) in [6.45, 7) is 4.13. The van der Waals surface area contributed by atoms with E-state index < -0.39 is 38.0 Å². The molecule has 1 heterocycles. The lowest BCUT2D eigenvalue weighted by Crippen LogP contribution is -2.50. The van der Waals surface area contributed by atoms with Crippen LogP contribution in [0, 0.1) is 17.6 Å². The second kappa shape index (κ2) is 9.84. The average molecular weight is 534 g/mol. The van der Waals surface area contributed by atoms with E-state index in [0.29, 0.717) is 37.3 Å². The zero-order valence-electron chi connectivity index (χ0n) is 18.6. The molecule has 1 aliphatic heterocycles. The molecule has 35 heavy (non-hydrogen) atoms. The van der Waals surface area contributed by atoms with Gasteiger partial charge in [0.2, 0.25) is 0 Å². The molecule has 11 heteroatoms. The van der Waals surface area contributed by atoms with E-state index in [0.717, 1.165) is 30.3 Å². The topological polar surface area (TPSA) is 46.6 Å². The molecule has 1 aliphatic carbocycles. The molecule has 1 saturated carbocycles. The van der Waals surface area contributed by atoms with Gasteiger partial charge in [-0.15, -0.1) is 6.58 Å². The van der Waals surface area contributed by atoms with Crippen LogP contribution in [0.1, 0.15) is 36.8 Å². The Morgan fingerprint density at radius 3 is 2.51 bits per heavy atom. The Balaban J connectivity index is 1.84. The maximum atomic E-state index is 15.1. The van der Waals surface area contributed by atoms with Crippen molar-refractivity contribution < 1.29 is 34.7 Å². The fourth-order valence-electron chi connectivity index (χ4n) is 5.13. The lowest BCUT2D eigenvalue weighted by Gasteiger charge is -2.46. The van der Waals surface area contributed by atoms with Crippen LogP contribution in [0.3, 0.4) is 0 Å². The molecule has 0 radical (unpaired) electrons. The van der Waals surface area contributed by atoms with Gasteiger partial charge in [-0.2, -0.15) is 18.2 Å². The number of fused-ring (bicyclic) bond motifs is 1. The summed E-state index contributed by atoms with van der Waals surface area (Å²) in [4.78, 5) is -0.366. The third kappa shape index (κ3) is 4.87. The minimum absolute atomic E-state index is 0.0288. The molecule has 190 valence electrons. The van der Waals surface area contributed by atoms with Crippen LogP contribution < -0.4 is 0 Å².